The summed E-state index contributed by atoms with van der Waals surface area (Å²) in [6.07, 6.45) is 1.48. The Bertz CT molecular complexity index is 647. The highest BCUT2D eigenvalue weighted by Crippen LogP contribution is 2.29. The summed E-state index contributed by atoms with van der Waals surface area (Å²) >= 11 is 17.8. The van der Waals surface area contributed by atoms with Crippen LogP contribution in [0, 0.1) is 0 Å². The molecule has 1 heterocycles. The molecule has 1 aromatic heterocycles. The molecule has 0 radical (unpaired) electrons. The minimum absolute atomic E-state index is 0.0316. The maximum Gasteiger partial charge on any atom is 0.271 e. The van der Waals surface area contributed by atoms with Crippen LogP contribution in [-0.2, 0) is 0 Å². The highest BCUT2D eigenvalue weighted by atomic mass is 35.5. The van der Waals surface area contributed by atoms with Gasteiger partial charge in [-0.1, -0.05) is 40.9 Å². The van der Waals surface area contributed by atoms with Crippen molar-refractivity contribution in [2.45, 2.75) is 6.10 Å². The fourth-order valence-corrected chi connectivity index (χ4v) is 2.52. The monoisotopic (exact) mass is 345 g/mol. The van der Waals surface area contributed by atoms with E-state index in [4.69, 9.17) is 34.8 Å². The third-order valence-electron chi connectivity index (χ3n) is 2.67. The van der Waals surface area contributed by atoms with E-state index in [-0.39, 0.29) is 17.3 Å². The fraction of sp³-hybridized carbons (Fsp3) is 0.154. The van der Waals surface area contributed by atoms with Crippen LogP contribution in [0.15, 0.2) is 30.7 Å². The Balaban J connectivity index is 2.06. The maximum atomic E-state index is 11.9. The van der Waals surface area contributed by atoms with Gasteiger partial charge in [0.05, 0.1) is 11.1 Å². The summed E-state index contributed by atoms with van der Waals surface area (Å²) in [5.74, 6) is -0.523. The van der Waals surface area contributed by atoms with Gasteiger partial charge in [0, 0.05) is 28.4 Å². The number of carbonyl (C=O) groups is 1. The van der Waals surface area contributed by atoms with Crippen LogP contribution in [-0.4, -0.2) is 27.5 Å². The Hall–Kier alpha value is -1.40. The van der Waals surface area contributed by atoms with E-state index in [2.05, 4.69) is 15.3 Å². The molecule has 2 N–H and O–H groups in total. The van der Waals surface area contributed by atoms with Crippen LogP contribution in [0.4, 0.5) is 0 Å². The topological polar surface area (TPSA) is 75.1 Å². The second kappa shape index (κ2) is 7.04. The van der Waals surface area contributed by atoms with Crippen molar-refractivity contribution in [2.75, 3.05) is 6.54 Å². The van der Waals surface area contributed by atoms with Gasteiger partial charge in [0.25, 0.3) is 5.91 Å². The molecule has 1 unspecified atom stereocenters. The maximum absolute atomic E-state index is 11.9. The number of nitrogens with zero attached hydrogens (tertiary/aromatic N) is 2. The number of aromatic nitrogens is 2. The Kier molecular flexibility index (Phi) is 5.36. The van der Waals surface area contributed by atoms with E-state index in [1.165, 1.54) is 12.5 Å². The van der Waals surface area contributed by atoms with Gasteiger partial charge in [-0.3, -0.25) is 4.79 Å². The van der Waals surface area contributed by atoms with E-state index in [0.29, 0.717) is 15.6 Å². The zero-order valence-corrected chi connectivity index (χ0v) is 12.8. The molecule has 0 spiro atoms. The number of carbonyl (C=O) groups excluding carboxylic acids is 1. The van der Waals surface area contributed by atoms with Crippen molar-refractivity contribution in [1.82, 2.24) is 15.3 Å². The minimum atomic E-state index is -1.05. The first-order valence-electron chi connectivity index (χ1n) is 5.86. The predicted molar refractivity (Wildman–Crippen MR) is 80.8 cm³/mol. The molecule has 5 nitrogen and oxygen atoms in total. The van der Waals surface area contributed by atoms with E-state index in [1.54, 1.807) is 18.2 Å². The third-order valence-corrected chi connectivity index (χ3v) is 3.61. The normalized spacial score (nSPS) is 12.0. The molecule has 0 fully saturated rings. The van der Waals surface area contributed by atoms with E-state index in [0.717, 1.165) is 0 Å². The quantitative estimate of drug-likeness (QED) is 0.892. The average Bonchev–Trinajstić information content (AvgIpc) is 2.45. The number of hydrogen-bond donors (Lipinski definition) is 2. The van der Waals surface area contributed by atoms with Gasteiger partial charge >= 0.3 is 0 Å². The number of halogens is 3. The van der Waals surface area contributed by atoms with E-state index in [9.17, 15) is 9.90 Å². The molecule has 110 valence electrons. The molecule has 0 aliphatic carbocycles. The zero-order chi connectivity index (χ0) is 15.4. The molecule has 8 heteroatoms. The number of nitrogens with one attached hydrogen (secondary N) is 1. The van der Waals surface area contributed by atoms with Crippen molar-refractivity contribution >= 4 is 40.7 Å². The van der Waals surface area contributed by atoms with Crippen molar-refractivity contribution in [2.24, 2.45) is 0 Å². The number of rotatable bonds is 4. The van der Waals surface area contributed by atoms with Gasteiger partial charge in [-0.25, -0.2) is 9.97 Å². The molecule has 0 saturated heterocycles. The van der Waals surface area contributed by atoms with Crippen LogP contribution < -0.4 is 5.32 Å². The number of aliphatic hydroxyl groups excluding tert-OH is 1. The number of benzene rings is 1. The average molecular weight is 347 g/mol. The molecule has 0 aliphatic heterocycles. The first kappa shape index (κ1) is 16.0. The lowest BCUT2D eigenvalue weighted by Gasteiger charge is -2.15. The third kappa shape index (κ3) is 3.83. The highest BCUT2D eigenvalue weighted by Gasteiger charge is 2.18. The fourth-order valence-electron chi connectivity index (χ4n) is 1.68. The molecule has 2 rings (SSSR count). The van der Waals surface area contributed by atoms with Crippen molar-refractivity contribution in [3.05, 3.63) is 57.0 Å². The van der Waals surface area contributed by atoms with Gasteiger partial charge in [0.2, 0.25) is 0 Å². The molecular formula is C13H10Cl3N3O2. The Morgan fingerprint density at radius 2 is 1.90 bits per heavy atom. The molecule has 1 atom stereocenters. The van der Waals surface area contributed by atoms with Gasteiger partial charge in [-0.15, -0.1) is 0 Å². The molecule has 0 bridgehead atoms. The van der Waals surface area contributed by atoms with Crippen LogP contribution >= 0.6 is 34.8 Å². The second-order valence-electron chi connectivity index (χ2n) is 4.08. The van der Waals surface area contributed by atoms with Gasteiger partial charge < -0.3 is 10.4 Å². The van der Waals surface area contributed by atoms with Crippen LogP contribution in [0.5, 0.6) is 0 Å². The predicted octanol–water partition coefficient (Wildman–Crippen LogP) is 2.90. The zero-order valence-electron chi connectivity index (χ0n) is 10.6. The largest absolute Gasteiger partial charge is 0.386 e. The Labute approximate surface area is 135 Å². The summed E-state index contributed by atoms with van der Waals surface area (Å²) in [5, 5.41) is 13.4. The van der Waals surface area contributed by atoms with Crippen LogP contribution in [0.3, 0.4) is 0 Å². The smallest absolute Gasteiger partial charge is 0.271 e. The van der Waals surface area contributed by atoms with Crippen molar-refractivity contribution < 1.29 is 9.90 Å². The summed E-state index contributed by atoms with van der Waals surface area (Å²) < 4.78 is 0. The lowest BCUT2D eigenvalue weighted by molar-refractivity contribution is 0.0911. The first-order chi connectivity index (χ1) is 10.0. The van der Waals surface area contributed by atoms with Gasteiger partial charge in [-0.05, 0) is 12.1 Å². The molecule has 1 aromatic carbocycles. The highest BCUT2D eigenvalue weighted by molar-refractivity contribution is 6.36. The Morgan fingerprint density at radius 3 is 2.52 bits per heavy atom. The molecular weight excluding hydrogens is 337 g/mol. The van der Waals surface area contributed by atoms with Crippen molar-refractivity contribution in [3.8, 4) is 0 Å². The van der Waals surface area contributed by atoms with Crippen LogP contribution in [0.25, 0.3) is 0 Å². The summed E-state index contributed by atoms with van der Waals surface area (Å²) in [7, 11) is 0. The second-order valence-corrected chi connectivity index (χ2v) is 5.30. The minimum Gasteiger partial charge on any atom is -0.386 e. The summed E-state index contributed by atoms with van der Waals surface area (Å²) in [5.41, 5.74) is 0.388. The van der Waals surface area contributed by atoms with Gasteiger partial charge in [0.15, 0.2) is 0 Å². The van der Waals surface area contributed by atoms with E-state index < -0.39 is 12.0 Å². The van der Waals surface area contributed by atoms with E-state index >= 15 is 0 Å². The lowest BCUT2D eigenvalue weighted by Crippen LogP contribution is -2.29. The molecule has 21 heavy (non-hydrogen) atoms. The van der Waals surface area contributed by atoms with E-state index in [1.807, 2.05) is 0 Å². The SMILES string of the molecule is O=C(NCC(O)c1c(Cl)cccc1Cl)c1ncncc1Cl. The van der Waals surface area contributed by atoms with Crippen LogP contribution in [0.1, 0.15) is 22.2 Å². The summed E-state index contributed by atoms with van der Waals surface area (Å²) in [6, 6.07) is 4.88. The molecule has 0 aliphatic rings. The molecule has 1 amide bonds. The van der Waals surface area contributed by atoms with Crippen molar-refractivity contribution in [3.63, 3.8) is 0 Å². The summed E-state index contributed by atoms with van der Waals surface area (Å²) in [4.78, 5) is 19.4. The van der Waals surface area contributed by atoms with Crippen LogP contribution in [0.2, 0.25) is 15.1 Å². The van der Waals surface area contributed by atoms with Gasteiger partial charge in [0.1, 0.15) is 12.0 Å². The van der Waals surface area contributed by atoms with Crippen molar-refractivity contribution in [1.29, 1.82) is 0 Å². The number of hydrogen-bond acceptors (Lipinski definition) is 4. The number of amides is 1. The number of aliphatic hydroxyl groups is 1. The molecule has 0 saturated carbocycles. The standard InChI is InChI=1S/C13H10Cl3N3O2/c14-7-2-1-3-8(15)11(7)10(20)5-18-13(21)12-9(16)4-17-6-19-12/h1-4,6,10,20H,5H2,(H,18,21). The van der Waals surface area contributed by atoms with Gasteiger partial charge in [-0.2, -0.15) is 0 Å². The molecule has 2 aromatic rings. The lowest BCUT2D eigenvalue weighted by atomic mass is 10.1. The Morgan fingerprint density at radius 1 is 1.24 bits per heavy atom. The summed E-state index contributed by atoms with van der Waals surface area (Å²) in [6.45, 7) is -0.0807. The first-order valence-corrected chi connectivity index (χ1v) is 6.99.